The molecule has 0 bridgehead atoms. The third-order valence-electron chi connectivity index (χ3n) is 6.26. The normalized spacial score (nSPS) is 26.1. The van der Waals surface area contributed by atoms with Gasteiger partial charge in [-0.1, -0.05) is 12.1 Å². The van der Waals surface area contributed by atoms with Crippen molar-refractivity contribution in [3.05, 3.63) is 65.7 Å². The first-order valence-corrected chi connectivity index (χ1v) is 11.6. The maximum absolute atomic E-state index is 13.7. The molecule has 0 spiro atoms. The van der Waals surface area contributed by atoms with Gasteiger partial charge in [0.2, 0.25) is 5.91 Å². The highest BCUT2D eigenvalue weighted by Crippen LogP contribution is 2.28. The van der Waals surface area contributed by atoms with Crippen molar-refractivity contribution >= 4 is 5.91 Å². The predicted molar refractivity (Wildman–Crippen MR) is 121 cm³/mol. The Bertz CT molecular complexity index is 900. The highest BCUT2D eigenvalue weighted by Gasteiger charge is 2.38. The Morgan fingerprint density at radius 2 is 2.03 bits per heavy atom. The fraction of sp³-hybridized carbons (Fsp3) is 0.520. The van der Waals surface area contributed by atoms with E-state index in [9.17, 15) is 14.3 Å². The zero-order chi connectivity index (χ0) is 23.0. The standard InChI is InChI=1S/C25H32FN3O4/c26-20-3-1-2-19(12-20)14-29-15-21(30)16-32-17-24-23(29)5-4-22(33-24)13-25(31)28-11-8-18-6-9-27-10-7-18/h1-3,6-7,9-10,12,21-24,30H,4-5,8,11,13-17H2,(H,28,31)/t21-,22-,23+,24-/m0/s1. The molecule has 33 heavy (non-hydrogen) atoms. The number of benzene rings is 1. The van der Waals surface area contributed by atoms with Crippen LogP contribution in [0.5, 0.6) is 0 Å². The number of carbonyl (C=O) groups is 1. The number of fused-ring (bicyclic) bond motifs is 1. The fourth-order valence-corrected chi connectivity index (χ4v) is 4.67. The smallest absolute Gasteiger partial charge is 0.222 e. The zero-order valence-electron chi connectivity index (χ0n) is 18.7. The van der Waals surface area contributed by atoms with Crippen LogP contribution in [-0.2, 0) is 27.2 Å². The van der Waals surface area contributed by atoms with E-state index in [-0.39, 0.29) is 36.6 Å². The van der Waals surface area contributed by atoms with Gasteiger partial charge in [0.25, 0.3) is 0 Å². The van der Waals surface area contributed by atoms with Gasteiger partial charge in [-0.25, -0.2) is 4.39 Å². The van der Waals surface area contributed by atoms with E-state index in [0.717, 1.165) is 30.4 Å². The van der Waals surface area contributed by atoms with E-state index in [0.29, 0.717) is 32.7 Å². The molecule has 1 aromatic heterocycles. The Labute approximate surface area is 193 Å². The van der Waals surface area contributed by atoms with E-state index in [1.807, 2.05) is 18.2 Å². The minimum absolute atomic E-state index is 0.0219. The first kappa shape index (κ1) is 23.8. The largest absolute Gasteiger partial charge is 0.389 e. The molecule has 7 nitrogen and oxygen atoms in total. The van der Waals surface area contributed by atoms with Crippen LogP contribution in [0.3, 0.4) is 0 Å². The number of carbonyl (C=O) groups excluding carboxylic acids is 1. The van der Waals surface area contributed by atoms with E-state index in [4.69, 9.17) is 9.47 Å². The molecule has 0 unspecified atom stereocenters. The van der Waals surface area contributed by atoms with E-state index in [1.165, 1.54) is 12.1 Å². The van der Waals surface area contributed by atoms with Gasteiger partial charge in [-0.15, -0.1) is 0 Å². The molecule has 178 valence electrons. The lowest BCUT2D eigenvalue weighted by atomic mass is 9.94. The number of ether oxygens (including phenoxy) is 2. The van der Waals surface area contributed by atoms with E-state index < -0.39 is 6.10 Å². The van der Waals surface area contributed by atoms with Crippen molar-refractivity contribution in [2.45, 2.75) is 56.6 Å². The number of β-amino-alcohol motifs (C(OH)–C–C–N with tert-alkyl or cyclic N) is 1. The summed E-state index contributed by atoms with van der Waals surface area (Å²) < 4.78 is 25.7. The second-order valence-electron chi connectivity index (χ2n) is 8.85. The second-order valence-corrected chi connectivity index (χ2v) is 8.85. The number of hydrogen-bond donors (Lipinski definition) is 2. The van der Waals surface area contributed by atoms with Gasteiger partial charge in [-0.2, -0.15) is 0 Å². The number of amides is 1. The summed E-state index contributed by atoms with van der Waals surface area (Å²) in [6, 6.07) is 10.5. The van der Waals surface area contributed by atoms with Crippen LogP contribution in [0.4, 0.5) is 4.39 Å². The Hall–Kier alpha value is -2.39. The highest BCUT2D eigenvalue weighted by molar-refractivity contribution is 5.76. The van der Waals surface area contributed by atoms with Crippen LogP contribution in [0.1, 0.15) is 30.4 Å². The van der Waals surface area contributed by atoms with Crippen LogP contribution in [0.15, 0.2) is 48.8 Å². The summed E-state index contributed by atoms with van der Waals surface area (Å²) in [4.78, 5) is 18.6. The van der Waals surface area contributed by atoms with Gasteiger partial charge in [0, 0.05) is 38.1 Å². The fourth-order valence-electron chi connectivity index (χ4n) is 4.67. The van der Waals surface area contributed by atoms with Crippen molar-refractivity contribution in [2.75, 3.05) is 26.3 Å². The molecular weight excluding hydrogens is 425 g/mol. The summed E-state index contributed by atoms with van der Waals surface area (Å²) in [5.74, 6) is -0.291. The number of pyridine rings is 1. The van der Waals surface area contributed by atoms with Crippen molar-refractivity contribution in [3.63, 3.8) is 0 Å². The molecular formula is C25H32FN3O4. The molecule has 2 N–H and O–H groups in total. The highest BCUT2D eigenvalue weighted by atomic mass is 19.1. The van der Waals surface area contributed by atoms with Crippen LogP contribution in [0.2, 0.25) is 0 Å². The number of halogens is 1. The van der Waals surface area contributed by atoms with Crippen molar-refractivity contribution in [1.29, 1.82) is 0 Å². The monoisotopic (exact) mass is 457 g/mol. The molecule has 1 amide bonds. The van der Waals surface area contributed by atoms with Gasteiger partial charge in [0.15, 0.2) is 0 Å². The van der Waals surface area contributed by atoms with E-state index in [1.54, 1.807) is 18.5 Å². The molecule has 2 aliphatic rings. The average Bonchev–Trinajstić information content (AvgIpc) is 2.79. The summed E-state index contributed by atoms with van der Waals surface area (Å²) in [6.45, 7) is 2.12. The number of nitrogens with zero attached hydrogens (tertiary/aromatic N) is 2. The van der Waals surface area contributed by atoms with Gasteiger partial charge >= 0.3 is 0 Å². The molecule has 2 aliphatic heterocycles. The number of hydrogen-bond acceptors (Lipinski definition) is 6. The predicted octanol–water partition coefficient (Wildman–Crippen LogP) is 2.08. The lowest BCUT2D eigenvalue weighted by molar-refractivity contribution is -0.158. The average molecular weight is 458 g/mol. The van der Waals surface area contributed by atoms with Crippen LogP contribution < -0.4 is 5.32 Å². The molecule has 0 aliphatic carbocycles. The van der Waals surface area contributed by atoms with E-state index in [2.05, 4.69) is 15.2 Å². The molecule has 3 heterocycles. The van der Waals surface area contributed by atoms with Crippen molar-refractivity contribution in [2.24, 2.45) is 0 Å². The second kappa shape index (κ2) is 11.7. The van der Waals surface area contributed by atoms with Gasteiger partial charge in [-0.3, -0.25) is 14.7 Å². The summed E-state index contributed by atoms with van der Waals surface area (Å²) in [5.41, 5.74) is 1.99. The van der Waals surface area contributed by atoms with Crippen LogP contribution in [-0.4, -0.2) is 71.6 Å². The van der Waals surface area contributed by atoms with Gasteiger partial charge < -0.3 is 19.9 Å². The molecule has 0 radical (unpaired) electrons. The Balaban J connectivity index is 1.31. The quantitative estimate of drug-likeness (QED) is 0.663. The first-order valence-electron chi connectivity index (χ1n) is 11.6. The van der Waals surface area contributed by atoms with Gasteiger partial charge in [-0.05, 0) is 54.7 Å². The lowest BCUT2D eigenvalue weighted by Gasteiger charge is -2.44. The molecule has 0 saturated carbocycles. The minimum atomic E-state index is -0.608. The Kier molecular flexibility index (Phi) is 8.39. The number of aliphatic hydroxyl groups excluding tert-OH is 1. The molecule has 4 atom stereocenters. The molecule has 2 fully saturated rings. The Morgan fingerprint density at radius 3 is 2.85 bits per heavy atom. The van der Waals surface area contributed by atoms with Crippen LogP contribution in [0.25, 0.3) is 0 Å². The molecule has 2 aromatic rings. The van der Waals surface area contributed by atoms with E-state index >= 15 is 0 Å². The SMILES string of the molecule is O=C(C[C@@H]1CC[C@@H]2[C@H](COC[C@@H](O)CN2Cc2cccc(F)c2)O1)NCCc1ccncc1. The maximum atomic E-state index is 13.7. The Morgan fingerprint density at radius 1 is 1.18 bits per heavy atom. The zero-order valence-corrected chi connectivity index (χ0v) is 18.7. The summed E-state index contributed by atoms with van der Waals surface area (Å²) in [7, 11) is 0. The van der Waals surface area contributed by atoms with Crippen molar-refractivity contribution in [3.8, 4) is 0 Å². The minimum Gasteiger partial charge on any atom is -0.389 e. The van der Waals surface area contributed by atoms with Crippen molar-refractivity contribution < 1.29 is 23.8 Å². The molecule has 2 saturated heterocycles. The third kappa shape index (κ3) is 7.04. The topological polar surface area (TPSA) is 83.9 Å². The molecule has 4 rings (SSSR count). The number of aromatic nitrogens is 1. The maximum Gasteiger partial charge on any atom is 0.222 e. The number of rotatable bonds is 7. The third-order valence-corrected chi connectivity index (χ3v) is 6.26. The van der Waals surface area contributed by atoms with Crippen LogP contribution >= 0.6 is 0 Å². The van der Waals surface area contributed by atoms with Gasteiger partial charge in [0.1, 0.15) is 5.82 Å². The number of aliphatic hydroxyl groups is 1. The van der Waals surface area contributed by atoms with Crippen LogP contribution in [0, 0.1) is 5.82 Å². The summed E-state index contributed by atoms with van der Waals surface area (Å²) in [6.07, 6.45) is 5.16. The van der Waals surface area contributed by atoms with Crippen molar-refractivity contribution in [1.82, 2.24) is 15.2 Å². The molecule has 8 heteroatoms. The number of nitrogens with one attached hydrogen (secondary N) is 1. The molecule has 1 aromatic carbocycles. The van der Waals surface area contributed by atoms with Gasteiger partial charge in [0.05, 0.1) is 37.9 Å². The first-order chi connectivity index (χ1) is 16.1. The summed E-state index contributed by atoms with van der Waals surface area (Å²) in [5, 5.41) is 13.3. The summed E-state index contributed by atoms with van der Waals surface area (Å²) >= 11 is 0. The lowest BCUT2D eigenvalue weighted by Crippen LogP contribution is -2.55.